The molecule has 0 bridgehead atoms. The van der Waals surface area contributed by atoms with Gasteiger partial charge in [-0.25, -0.2) is 8.42 Å². The summed E-state index contributed by atoms with van der Waals surface area (Å²) in [5, 5.41) is 2.80. The number of hydrogen-bond acceptors (Lipinski definition) is 5. The first kappa shape index (κ1) is 23.6. The van der Waals surface area contributed by atoms with E-state index >= 15 is 0 Å². The van der Waals surface area contributed by atoms with Gasteiger partial charge in [0.1, 0.15) is 18.1 Å². The van der Waals surface area contributed by atoms with Crippen molar-refractivity contribution in [1.29, 1.82) is 0 Å². The van der Waals surface area contributed by atoms with E-state index in [1.54, 1.807) is 42.5 Å². The molecule has 0 saturated heterocycles. The molecule has 0 aromatic heterocycles. The number of anilines is 1. The molecule has 178 valence electrons. The average Bonchev–Trinajstić information content (AvgIpc) is 2.84. The van der Waals surface area contributed by atoms with Crippen molar-refractivity contribution in [3.05, 3.63) is 83.4 Å². The molecule has 1 N–H and O–H groups in total. The zero-order chi connectivity index (χ0) is 24.3. The van der Waals surface area contributed by atoms with Gasteiger partial charge in [-0.2, -0.15) is 0 Å². The number of nitrogens with one attached hydrogen (secondary N) is 1. The molecule has 0 spiro atoms. The van der Waals surface area contributed by atoms with Gasteiger partial charge in [-0.1, -0.05) is 36.4 Å². The SMILES string of the molecule is Cc1ccc2c(c1)N(S(=O)(=O)c1ccccc1)CC(C(=O)NCCOc1cccc(C)c1C)O2. The largest absolute Gasteiger partial charge is 0.491 e. The second-order valence-corrected chi connectivity index (χ2v) is 10.1. The lowest BCUT2D eigenvalue weighted by Crippen LogP contribution is -2.51. The van der Waals surface area contributed by atoms with Gasteiger partial charge in [0.05, 0.1) is 23.7 Å². The van der Waals surface area contributed by atoms with E-state index in [9.17, 15) is 13.2 Å². The highest BCUT2D eigenvalue weighted by molar-refractivity contribution is 7.92. The van der Waals surface area contributed by atoms with Gasteiger partial charge in [0.2, 0.25) is 0 Å². The van der Waals surface area contributed by atoms with Crippen LogP contribution in [0, 0.1) is 20.8 Å². The summed E-state index contributed by atoms with van der Waals surface area (Å²) in [6, 6.07) is 19.3. The van der Waals surface area contributed by atoms with Crippen molar-refractivity contribution in [2.45, 2.75) is 31.8 Å². The van der Waals surface area contributed by atoms with E-state index in [1.807, 2.05) is 45.0 Å². The van der Waals surface area contributed by atoms with Gasteiger partial charge in [0.15, 0.2) is 6.10 Å². The summed E-state index contributed by atoms with van der Waals surface area (Å²) < 4.78 is 39.8. The normalized spacial score (nSPS) is 15.3. The number of fused-ring (bicyclic) bond motifs is 1. The summed E-state index contributed by atoms with van der Waals surface area (Å²) in [4.78, 5) is 13.1. The first-order valence-corrected chi connectivity index (χ1v) is 12.5. The van der Waals surface area contributed by atoms with Gasteiger partial charge in [0.25, 0.3) is 15.9 Å². The van der Waals surface area contributed by atoms with Crippen LogP contribution in [0.1, 0.15) is 16.7 Å². The number of benzene rings is 3. The lowest BCUT2D eigenvalue weighted by molar-refractivity contribution is -0.127. The maximum absolute atomic E-state index is 13.4. The summed E-state index contributed by atoms with van der Waals surface area (Å²) in [6.07, 6.45) is -0.991. The van der Waals surface area contributed by atoms with Gasteiger partial charge in [-0.05, 0) is 67.8 Å². The molecule has 1 aliphatic rings. The maximum atomic E-state index is 13.4. The number of aryl methyl sites for hydroxylation is 2. The number of nitrogens with zero attached hydrogens (tertiary/aromatic N) is 1. The Hall–Kier alpha value is -3.52. The quantitative estimate of drug-likeness (QED) is 0.521. The minimum absolute atomic E-state index is 0.128. The van der Waals surface area contributed by atoms with Crippen molar-refractivity contribution in [3.8, 4) is 11.5 Å². The van der Waals surface area contributed by atoms with Gasteiger partial charge in [-0.3, -0.25) is 9.10 Å². The average molecular weight is 481 g/mol. The molecule has 1 unspecified atom stereocenters. The van der Waals surface area contributed by atoms with E-state index in [2.05, 4.69) is 5.32 Å². The summed E-state index contributed by atoms with van der Waals surface area (Å²) in [5.74, 6) is 0.722. The zero-order valence-electron chi connectivity index (χ0n) is 19.4. The summed E-state index contributed by atoms with van der Waals surface area (Å²) in [7, 11) is -3.88. The van der Waals surface area contributed by atoms with E-state index < -0.39 is 22.0 Å². The summed E-state index contributed by atoms with van der Waals surface area (Å²) in [5.41, 5.74) is 3.50. The Morgan fingerprint density at radius 3 is 2.59 bits per heavy atom. The summed E-state index contributed by atoms with van der Waals surface area (Å²) >= 11 is 0. The second kappa shape index (κ2) is 9.77. The smallest absolute Gasteiger partial charge is 0.264 e. The topological polar surface area (TPSA) is 84.9 Å². The fourth-order valence-electron chi connectivity index (χ4n) is 3.77. The van der Waals surface area contributed by atoms with Gasteiger partial charge in [-0.15, -0.1) is 0 Å². The Morgan fingerprint density at radius 2 is 1.82 bits per heavy atom. The molecule has 0 saturated carbocycles. The fourth-order valence-corrected chi connectivity index (χ4v) is 5.26. The molecule has 0 radical (unpaired) electrons. The molecule has 1 aliphatic heterocycles. The van der Waals surface area contributed by atoms with Gasteiger partial charge >= 0.3 is 0 Å². The molecule has 7 nitrogen and oxygen atoms in total. The van der Waals surface area contributed by atoms with Crippen molar-refractivity contribution < 1.29 is 22.7 Å². The van der Waals surface area contributed by atoms with Crippen LogP contribution >= 0.6 is 0 Å². The highest BCUT2D eigenvalue weighted by Gasteiger charge is 2.37. The predicted molar refractivity (Wildman–Crippen MR) is 131 cm³/mol. The number of ether oxygens (including phenoxy) is 2. The molecule has 4 rings (SSSR count). The first-order valence-electron chi connectivity index (χ1n) is 11.1. The molecular formula is C26H28N2O5S. The third-order valence-electron chi connectivity index (χ3n) is 5.82. The highest BCUT2D eigenvalue weighted by Crippen LogP contribution is 2.37. The van der Waals surface area contributed by atoms with Gasteiger partial charge < -0.3 is 14.8 Å². The number of carbonyl (C=O) groups is 1. The van der Waals surface area contributed by atoms with Crippen molar-refractivity contribution in [2.24, 2.45) is 0 Å². The second-order valence-electron chi connectivity index (χ2n) is 8.26. The summed E-state index contributed by atoms with van der Waals surface area (Å²) in [6.45, 7) is 6.29. The Morgan fingerprint density at radius 1 is 1.06 bits per heavy atom. The molecule has 3 aromatic rings. The minimum Gasteiger partial charge on any atom is -0.491 e. The monoisotopic (exact) mass is 480 g/mol. The van der Waals surface area contributed by atoms with Crippen LogP contribution in [0.4, 0.5) is 5.69 Å². The van der Waals surface area contributed by atoms with Crippen LogP contribution in [0.2, 0.25) is 0 Å². The van der Waals surface area contributed by atoms with E-state index in [1.165, 1.54) is 4.31 Å². The molecule has 1 amide bonds. The van der Waals surface area contributed by atoms with Crippen LogP contribution in [0.5, 0.6) is 11.5 Å². The number of carbonyl (C=O) groups excluding carboxylic acids is 1. The molecule has 8 heteroatoms. The third kappa shape index (κ3) is 4.87. The van der Waals surface area contributed by atoms with E-state index in [0.717, 1.165) is 22.4 Å². The number of hydrogen-bond donors (Lipinski definition) is 1. The standard InChI is InChI=1S/C26H28N2O5S/c1-18-12-13-24-22(16-18)28(34(30,31)21-9-5-4-6-10-21)17-25(33-24)26(29)27-14-15-32-23-11-7-8-19(2)20(23)3/h4-13,16,25H,14-15,17H2,1-3H3,(H,27,29). The molecule has 3 aromatic carbocycles. The van der Waals surface area contributed by atoms with Crippen LogP contribution in [-0.4, -0.2) is 40.1 Å². The Kier molecular flexibility index (Phi) is 6.79. The fraction of sp³-hybridized carbons (Fsp3) is 0.269. The maximum Gasteiger partial charge on any atom is 0.264 e. The molecule has 1 heterocycles. The third-order valence-corrected chi connectivity index (χ3v) is 7.62. The molecule has 1 atom stereocenters. The van der Waals surface area contributed by atoms with Crippen molar-refractivity contribution >= 4 is 21.6 Å². The molecule has 0 aliphatic carbocycles. The first-order chi connectivity index (χ1) is 16.3. The zero-order valence-corrected chi connectivity index (χ0v) is 20.3. The lowest BCUT2D eigenvalue weighted by atomic mass is 10.1. The van der Waals surface area contributed by atoms with Crippen molar-refractivity contribution in [2.75, 3.05) is 24.0 Å². The van der Waals surface area contributed by atoms with Crippen molar-refractivity contribution in [3.63, 3.8) is 0 Å². The highest BCUT2D eigenvalue weighted by atomic mass is 32.2. The number of rotatable bonds is 7. The van der Waals surface area contributed by atoms with Crippen LogP contribution in [0.15, 0.2) is 71.6 Å². The Labute approximate surface area is 200 Å². The molecule has 34 heavy (non-hydrogen) atoms. The van der Waals surface area contributed by atoms with Crippen LogP contribution in [0.25, 0.3) is 0 Å². The Bertz CT molecular complexity index is 1290. The number of amides is 1. The van der Waals surface area contributed by atoms with Crippen LogP contribution in [-0.2, 0) is 14.8 Å². The lowest BCUT2D eigenvalue weighted by Gasteiger charge is -2.35. The molecule has 0 fully saturated rings. The number of sulfonamides is 1. The van der Waals surface area contributed by atoms with Gasteiger partial charge in [0, 0.05) is 0 Å². The van der Waals surface area contributed by atoms with E-state index in [-0.39, 0.29) is 24.6 Å². The van der Waals surface area contributed by atoms with E-state index in [4.69, 9.17) is 9.47 Å². The van der Waals surface area contributed by atoms with Crippen molar-refractivity contribution in [1.82, 2.24) is 5.32 Å². The van der Waals surface area contributed by atoms with Crippen LogP contribution in [0.3, 0.4) is 0 Å². The molecular weight excluding hydrogens is 452 g/mol. The van der Waals surface area contributed by atoms with E-state index in [0.29, 0.717) is 11.4 Å². The minimum atomic E-state index is -3.88. The van der Waals surface area contributed by atoms with Crippen LogP contribution < -0.4 is 19.1 Å². The predicted octanol–water partition coefficient (Wildman–Crippen LogP) is 3.76. The Balaban J connectivity index is 1.48.